The maximum Gasteiger partial charge on any atom is 0.227 e. The zero-order valence-electron chi connectivity index (χ0n) is 14.4. The molecule has 5 nitrogen and oxygen atoms in total. The Bertz CT molecular complexity index is 685. The summed E-state index contributed by atoms with van der Waals surface area (Å²) in [6, 6.07) is 9.77. The molecule has 1 unspecified atom stereocenters. The fourth-order valence-corrected chi connectivity index (χ4v) is 2.82. The predicted octanol–water partition coefficient (Wildman–Crippen LogP) is 2.72. The Balaban J connectivity index is 2.17. The van der Waals surface area contributed by atoms with Crippen molar-refractivity contribution >= 4 is 17.5 Å². The van der Waals surface area contributed by atoms with E-state index in [1.165, 1.54) is 0 Å². The Morgan fingerprint density at radius 1 is 1.38 bits per heavy atom. The van der Waals surface area contributed by atoms with Crippen molar-refractivity contribution in [2.75, 3.05) is 6.54 Å². The first-order chi connectivity index (χ1) is 11.4. The van der Waals surface area contributed by atoms with E-state index in [0.29, 0.717) is 24.7 Å². The van der Waals surface area contributed by atoms with Crippen LogP contribution in [0.25, 0.3) is 0 Å². The van der Waals surface area contributed by atoms with Gasteiger partial charge in [0.1, 0.15) is 5.15 Å². The van der Waals surface area contributed by atoms with Gasteiger partial charge >= 0.3 is 0 Å². The number of benzene rings is 1. The molecule has 0 aliphatic heterocycles. The number of amides is 1. The van der Waals surface area contributed by atoms with Gasteiger partial charge in [0.25, 0.3) is 0 Å². The number of carbonyl (C=O) groups is 1. The van der Waals surface area contributed by atoms with Crippen molar-refractivity contribution in [2.45, 2.75) is 39.3 Å². The average molecular weight is 350 g/mol. The maximum absolute atomic E-state index is 12.8. The molecule has 2 aromatic rings. The van der Waals surface area contributed by atoms with E-state index in [2.05, 4.69) is 5.10 Å². The van der Waals surface area contributed by atoms with Gasteiger partial charge in [-0.05, 0) is 18.9 Å². The predicted molar refractivity (Wildman–Crippen MR) is 94.8 cm³/mol. The van der Waals surface area contributed by atoms with Gasteiger partial charge in [-0.15, -0.1) is 0 Å². The quantitative estimate of drug-likeness (QED) is 0.836. The molecule has 1 N–H and O–H groups in total. The van der Waals surface area contributed by atoms with Gasteiger partial charge in [0.15, 0.2) is 0 Å². The number of rotatable bonds is 7. The van der Waals surface area contributed by atoms with Crippen LogP contribution in [0.3, 0.4) is 0 Å². The number of carbonyl (C=O) groups excluding carboxylic acids is 1. The van der Waals surface area contributed by atoms with Crippen molar-refractivity contribution in [2.24, 2.45) is 7.05 Å². The molecule has 6 heteroatoms. The topological polar surface area (TPSA) is 58.4 Å². The summed E-state index contributed by atoms with van der Waals surface area (Å²) in [6.07, 6.45) is 0.246. The number of halogens is 1. The van der Waals surface area contributed by atoms with E-state index in [1.54, 1.807) is 16.6 Å². The lowest BCUT2D eigenvalue weighted by Crippen LogP contribution is -2.37. The van der Waals surface area contributed by atoms with Crippen molar-refractivity contribution in [3.63, 3.8) is 0 Å². The van der Waals surface area contributed by atoms with Gasteiger partial charge in [-0.3, -0.25) is 9.48 Å². The summed E-state index contributed by atoms with van der Waals surface area (Å²) in [5, 5.41) is 14.7. The van der Waals surface area contributed by atoms with Crippen LogP contribution in [0.15, 0.2) is 30.3 Å². The molecule has 2 rings (SSSR count). The van der Waals surface area contributed by atoms with Crippen LogP contribution in [0, 0.1) is 6.92 Å². The third kappa shape index (κ3) is 4.58. The van der Waals surface area contributed by atoms with Crippen molar-refractivity contribution in [3.8, 4) is 0 Å². The lowest BCUT2D eigenvalue weighted by molar-refractivity contribution is -0.132. The highest BCUT2D eigenvalue weighted by molar-refractivity contribution is 6.30. The van der Waals surface area contributed by atoms with Crippen LogP contribution in [-0.4, -0.2) is 38.3 Å². The minimum Gasteiger partial charge on any atom is -0.391 e. The molecule has 1 amide bonds. The fourth-order valence-electron chi connectivity index (χ4n) is 2.58. The lowest BCUT2D eigenvalue weighted by atomic mass is 10.1. The fraction of sp³-hybridized carbons (Fsp3) is 0.444. The van der Waals surface area contributed by atoms with Crippen LogP contribution >= 0.6 is 11.6 Å². The zero-order chi connectivity index (χ0) is 17.7. The van der Waals surface area contributed by atoms with E-state index in [1.807, 2.05) is 44.2 Å². The Morgan fingerprint density at radius 3 is 2.58 bits per heavy atom. The first-order valence-electron chi connectivity index (χ1n) is 8.10. The smallest absolute Gasteiger partial charge is 0.227 e. The summed E-state index contributed by atoms with van der Waals surface area (Å²) in [5.41, 5.74) is 2.53. The van der Waals surface area contributed by atoms with Gasteiger partial charge in [-0.25, -0.2) is 0 Å². The molecular weight excluding hydrogens is 326 g/mol. The molecule has 0 aliphatic rings. The summed E-state index contributed by atoms with van der Waals surface area (Å²) in [7, 11) is 1.76. The van der Waals surface area contributed by atoms with Gasteiger partial charge in [0.05, 0.1) is 18.2 Å². The Hall–Kier alpha value is -1.85. The molecule has 0 saturated carbocycles. The molecule has 1 atom stereocenters. The molecular formula is C18H24ClN3O2. The second kappa shape index (κ2) is 8.31. The van der Waals surface area contributed by atoms with Crippen LogP contribution in [0.4, 0.5) is 0 Å². The molecule has 24 heavy (non-hydrogen) atoms. The molecule has 0 saturated heterocycles. The molecule has 130 valence electrons. The molecule has 0 spiro atoms. The number of aryl methyl sites for hydroxylation is 2. The number of hydrogen-bond acceptors (Lipinski definition) is 3. The molecule has 0 fully saturated rings. The first kappa shape index (κ1) is 18.5. The largest absolute Gasteiger partial charge is 0.391 e. The van der Waals surface area contributed by atoms with Crippen molar-refractivity contribution in [1.82, 2.24) is 14.7 Å². The van der Waals surface area contributed by atoms with Crippen LogP contribution in [0.5, 0.6) is 0 Å². The SMILES string of the molecule is CCC(O)CN(Cc1ccccc1)C(=O)Cc1c(C)nn(C)c1Cl. The minimum atomic E-state index is -0.539. The van der Waals surface area contributed by atoms with Crippen LogP contribution in [-0.2, 0) is 24.8 Å². The van der Waals surface area contributed by atoms with Gasteiger partial charge in [-0.2, -0.15) is 5.10 Å². The molecule has 0 bridgehead atoms. The van der Waals surface area contributed by atoms with Gasteiger partial charge < -0.3 is 10.0 Å². The normalized spacial score (nSPS) is 12.2. The Kier molecular flexibility index (Phi) is 6.40. The van der Waals surface area contributed by atoms with Gasteiger partial charge in [0, 0.05) is 25.7 Å². The Labute approximate surface area is 147 Å². The summed E-state index contributed by atoms with van der Waals surface area (Å²) in [4.78, 5) is 14.5. The molecule has 1 heterocycles. The number of aliphatic hydroxyl groups excluding tert-OH is 1. The summed E-state index contributed by atoms with van der Waals surface area (Å²) in [5.74, 6) is -0.0654. The van der Waals surface area contributed by atoms with Crippen molar-refractivity contribution < 1.29 is 9.90 Å². The van der Waals surface area contributed by atoms with Gasteiger partial charge in [-0.1, -0.05) is 48.9 Å². The summed E-state index contributed by atoms with van der Waals surface area (Å²) in [6.45, 7) is 4.52. The minimum absolute atomic E-state index is 0.0654. The van der Waals surface area contributed by atoms with E-state index >= 15 is 0 Å². The average Bonchev–Trinajstić information content (AvgIpc) is 2.81. The van der Waals surface area contributed by atoms with Crippen LogP contribution < -0.4 is 0 Å². The summed E-state index contributed by atoms with van der Waals surface area (Å²) < 4.78 is 1.57. The first-order valence-corrected chi connectivity index (χ1v) is 8.47. The summed E-state index contributed by atoms with van der Waals surface area (Å²) >= 11 is 6.24. The van der Waals surface area contributed by atoms with Crippen LogP contribution in [0.1, 0.15) is 30.2 Å². The lowest BCUT2D eigenvalue weighted by Gasteiger charge is -2.25. The third-order valence-electron chi connectivity index (χ3n) is 4.07. The number of aliphatic hydroxyl groups is 1. The monoisotopic (exact) mass is 349 g/mol. The highest BCUT2D eigenvalue weighted by atomic mass is 35.5. The van der Waals surface area contributed by atoms with Crippen molar-refractivity contribution in [1.29, 1.82) is 0 Å². The highest BCUT2D eigenvalue weighted by Crippen LogP contribution is 2.20. The molecule has 1 aromatic carbocycles. The van der Waals surface area contributed by atoms with Crippen molar-refractivity contribution in [3.05, 3.63) is 52.3 Å². The number of nitrogens with zero attached hydrogens (tertiary/aromatic N) is 3. The maximum atomic E-state index is 12.8. The molecule has 0 radical (unpaired) electrons. The number of hydrogen-bond donors (Lipinski definition) is 1. The molecule has 0 aliphatic carbocycles. The van der Waals surface area contributed by atoms with E-state index in [-0.39, 0.29) is 12.3 Å². The van der Waals surface area contributed by atoms with Gasteiger partial charge in [0.2, 0.25) is 5.91 Å². The highest BCUT2D eigenvalue weighted by Gasteiger charge is 2.21. The Morgan fingerprint density at radius 2 is 2.04 bits per heavy atom. The second-order valence-corrected chi connectivity index (χ2v) is 6.34. The standard InChI is InChI=1S/C18H24ClN3O2/c1-4-15(23)12-22(11-14-8-6-5-7-9-14)17(24)10-16-13(2)20-21(3)18(16)19/h5-9,15,23H,4,10-12H2,1-3H3. The molecule has 1 aromatic heterocycles. The zero-order valence-corrected chi connectivity index (χ0v) is 15.1. The second-order valence-electron chi connectivity index (χ2n) is 5.98. The van der Waals surface area contributed by atoms with E-state index in [0.717, 1.165) is 16.8 Å². The van der Waals surface area contributed by atoms with E-state index in [9.17, 15) is 9.90 Å². The van der Waals surface area contributed by atoms with E-state index < -0.39 is 6.10 Å². The number of aromatic nitrogens is 2. The van der Waals surface area contributed by atoms with E-state index in [4.69, 9.17) is 11.6 Å². The van der Waals surface area contributed by atoms with Crippen LogP contribution in [0.2, 0.25) is 5.15 Å². The third-order valence-corrected chi connectivity index (χ3v) is 4.54.